The van der Waals surface area contributed by atoms with E-state index in [9.17, 15) is 0 Å². The molecule has 0 bridgehead atoms. The smallest absolute Gasteiger partial charge is 0.0625 e. The Bertz CT molecular complexity index is 277. The largest absolute Gasteiger partial charge is 0.316 e. The number of nitrogens with zero attached hydrogens (tertiary/aromatic N) is 2. The van der Waals surface area contributed by atoms with Crippen LogP contribution in [-0.4, -0.2) is 28.1 Å². The van der Waals surface area contributed by atoms with E-state index >= 15 is 0 Å². The summed E-state index contributed by atoms with van der Waals surface area (Å²) in [5.74, 6) is 0. The lowest BCUT2D eigenvalue weighted by molar-refractivity contribution is 0.706. The summed E-state index contributed by atoms with van der Waals surface area (Å²) in [5, 5.41) is 8.38. The van der Waals surface area contributed by atoms with E-state index in [4.69, 9.17) is 0 Å². The third kappa shape index (κ3) is 2.75. The van der Waals surface area contributed by atoms with Crippen molar-refractivity contribution in [3.05, 3.63) is 12.4 Å². The van der Waals surface area contributed by atoms with Crippen molar-refractivity contribution in [3.8, 4) is 0 Å². The summed E-state index contributed by atoms with van der Waals surface area (Å²) in [6.07, 6.45) is 8.05. The first-order chi connectivity index (χ1) is 6.84. The van der Waals surface area contributed by atoms with E-state index in [1.807, 2.05) is 29.7 Å². The third-order valence-electron chi connectivity index (χ3n) is 2.49. The maximum absolute atomic E-state index is 4.18. The first-order valence-electron chi connectivity index (χ1n) is 5.20. The maximum atomic E-state index is 4.18. The van der Waals surface area contributed by atoms with Gasteiger partial charge in [-0.3, -0.25) is 4.68 Å². The minimum Gasteiger partial charge on any atom is -0.316 e. The highest BCUT2D eigenvalue weighted by molar-refractivity contribution is 8.00. The van der Waals surface area contributed by atoms with Crippen molar-refractivity contribution < 1.29 is 0 Å². The van der Waals surface area contributed by atoms with Crippen LogP contribution in [0.4, 0.5) is 0 Å². The Morgan fingerprint density at radius 3 is 3.29 bits per heavy atom. The van der Waals surface area contributed by atoms with Crippen LogP contribution in [0.25, 0.3) is 0 Å². The van der Waals surface area contributed by atoms with Crippen LogP contribution in [0, 0.1) is 0 Å². The van der Waals surface area contributed by atoms with Crippen molar-refractivity contribution in [1.29, 1.82) is 0 Å². The molecular formula is C10H17N3S. The number of aromatic nitrogens is 2. The van der Waals surface area contributed by atoms with Crippen LogP contribution in [-0.2, 0) is 7.05 Å². The van der Waals surface area contributed by atoms with Gasteiger partial charge in [-0.15, -0.1) is 11.8 Å². The van der Waals surface area contributed by atoms with Crippen molar-refractivity contribution >= 4 is 11.8 Å². The topological polar surface area (TPSA) is 29.9 Å². The molecule has 0 amide bonds. The van der Waals surface area contributed by atoms with Crippen molar-refractivity contribution in [2.45, 2.75) is 29.4 Å². The Kier molecular flexibility index (Phi) is 3.48. The van der Waals surface area contributed by atoms with Gasteiger partial charge in [0.05, 0.1) is 6.20 Å². The van der Waals surface area contributed by atoms with Crippen molar-refractivity contribution in [2.75, 3.05) is 13.1 Å². The fourth-order valence-corrected chi connectivity index (χ4v) is 2.93. The van der Waals surface area contributed by atoms with Crippen LogP contribution in [0.1, 0.15) is 19.3 Å². The van der Waals surface area contributed by atoms with Crippen LogP contribution in [0.15, 0.2) is 17.3 Å². The Morgan fingerprint density at radius 2 is 2.50 bits per heavy atom. The zero-order valence-electron chi connectivity index (χ0n) is 8.57. The standard InChI is InChI=1S/C10H17N3S/c1-13-8-10(7-12-13)14-9-4-2-3-5-11-6-9/h7-9,11H,2-6H2,1H3. The van der Waals surface area contributed by atoms with Gasteiger partial charge >= 0.3 is 0 Å². The highest BCUT2D eigenvalue weighted by Crippen LogP contribution is 2.26. The van der Waals surface area contributed by atoms with E-state index in [2.05, 4.69) is 16.6 Å². The molecule has 4 heteroatoms. The lowest BCUT2D eigenvalue weighted by Crippen LogP contribution is -2.21. The van der Waals surface area contributed by atoms with Crippen LogP contribution in [0.2, 0.25) is 0 Å². The zero-order chi connectivity index (χ0) is 9.80. The van der Waals surface area contributed by atoms with Gasteiger partial charge in [-0.2, -0.15) is 5.10 Å². The zero-order valence-corrected chi connectivity index (χ0v) is 9.39. The molecule has 0 spiro atoms. The minimum absolute atomic E-state index is 0.724. The second kappa shape index (κ2) is 4.84. The van der Waals surface area contributed by atoms with Gasteiger partial charge in [0.25, 0.3) is 0 Å². The molecule has 1 aliphatic heterocycles. The molecule has 0 aromatic carbocycles. The molecule has 14 heavy (non-hydrogen) atoms. The Morgan fingerprint density at radius 1 is 1.57 bits per heavy atom. The molecule has 1 fully saturated rings. The lowest BCUT2D eigenvalue weighted by Gasteiger charge is -2.11. The molecule has 0 radical (unpaired) electrons. The van der Waals surface area contributed by atoms with Gasteiger partial charge in [0.2, 0.25) is 0 Å². The maximum Gasteiger partial charge on any atom is 0.0625 e. The minimum atomic E-state index is 0.724. The Labute approximate surface area is 89.3 Å². The van der Waals surface area contributed by atoms with E-state index in [0.29, 0.717) is 0 Å². The summed E-state index contributed by atoms with van der Waals surface area (Å²) in [4.78, 5) is 1.29. The highest BCUT2D eigenvalue weighted by Gasteiger charge is 2.13. The van der Waals surface area contributed by atoms with Gasteiger partial charge < -0.3 is 5.32 Å². The SMILES string of the molecule is Cn1cc(SC2CCCCNC2)cn1. The van der Waals surface area contributed by atoms with Crippen molar-refractivity contribution in [1.82, 2.24) is 15.1 Å². The summed E-state index contributed by atoms with van der Waals surface area (Å²) in [7, 11) is 1.97. The molecule has 78 valence electrons. The van der Waals surface area contributed by atoms with Crippen molar-refractivity contribution in [3.63, 3.8) is 0 Å². The summed E-state index contributed by atoms with van der Waals surface area (Å²) >= 11 is 1.95. The van der Waals surface area contributed by atoms with Crippen LogP contribution >= 0.6 is 11.8 Å². The molecule has 1 atom stereocenters. The highest BCUT2D eigenvalue weighted by atomic mass is 32.2. The van der Waals surface area contributed by atoms with E-state index in [0.717, 1.165) is 11.8 Å². The summed E-state index contributed by atoms with van der Waals surface area (Å²) in [5.41, 5.74) is 0. The van der Waals surface area contributed by atoms with Crippen LogP contribution in [0.5, 0.6) is 0 Å². The molecule has 3 nitrogen and oxygen atoms in total. The molecule has 1 aliphatic rings. The quantitative estimate of drug-likeness (QED) is 0.807. The molecule has 2 heterocycles. The second-order valence-corrected chi connectivity index (χ2v) is 5.16. The Hall–Kier alpha value is -0.480. The van der Waals surface area contributed by atoms with Gasteiger partial charge in [-0.25, -0.2) is 0 Å². The van der Waals surface area contributed by atoms with Crippen LogP contribution < -0.4 is 5.32 Å². The molecule has 0 saturated carbocycles. The summed E-state index contributed by atoms with van der Waals surface area (Å²) < 4.78 is 1.87. The molecule has 1 saturated heterocycles. The number of rotatable bonds is 2. The fourth-order valence-electron chi connectivity index (χ4n) is 1.74. The predicted molar refractivity (Wildman–Crippen MR) is 59.6 cm³/mol. The fraction of sp³-hybridized carbons (Fsp3) is 0.700. The van der Waals surface area contributed by atoms with Gasteiger partial charge in [0.15, 0.2) is 0 Å². The predicted octanol–water partition coefficient (Wildman–Crippen LogP) is 1.65. The average Bonchev–Trinajstić information content (AvgIpc) is 2.43. The number of aryl methyl sites for hydroxylation is 1. The number of nitrogens with one attached hydrogen (secondary N) is 1. The van der Waals surface area contributed by atoms with E-state index < -0.39 is 0 Å². The number of thioether (sulfide) groups is 1. The van der Waals surface area contributed by atoms with Gasteiger partial charge in [-0.05, 0) is 19.4 Å². The molecular weight excluding hydrogens is 194 g/mol. The lowest BCUT2D eigenvalue weighted by atomic mass is 10.2. The van der Waals surface area contributed by atoms with E-state index in [1.165, 1.54) is 30.7 Å². The Balaban J connectivity index is 1.89. The first kappa shape index (κ1) is 10.1. The molecule has 0 aliphatic carbocycles. The van der Waals surface area contributed by atoms with Gasteiger partial charge in [-0.1, -0.05) is 6.42 Å². The second-order valence-electron chi connectivity index (χ2n) is 3.79. The average molecular weight is 211 g/mol. The monoisotopic (exact) mass is 211 g/mol. The van der Waals surface area contributed by atoms with E-state index in [1.54, 1.807) is 0 Å². The van der Waals surface area contributed by atoms with Gasteiger partial charge in [0, 0.05) is 29.9 Å². The summed E-state index contributed by atoms with van der Waals surface area (Å²) in [6.45, 7) is 2.32. The normalized spacial score (nSPS) is 23.4. The van der Waals surface area contributed by atoms with Crippen molar-refractivity contribution in [2.24, 2.45) is 7.05 Å². The third-order valence-corrected chi connectivity index (χ3v) is 3.70. The van der Waals surface area contributed by atoms with Crippen LogP contribution in [0.3, 0.4) is 0 Å². The summed E-state index contributed by atoms with van der Waals surface area (Å²) in [6, 6.07) is 0. The van der Waals surface area contributed by atoms with Gasteiger partial charge in [0.1, 0.15) is 0 Å². The first-order valence-corrected chi connectivity index (χ1v) is 6.08. The molecule has 1 aromatic rings. The molecule has 1 N–H and O–H groups in total. The molecule has 1 unspecified atom stereocenters. The van der Waals surface area contributed by atoms with E-state index in [-0.39, 0.29) is 0 Å². The molecule has 2 rings (SSSR count). The molecule has 1 aromatic heterocycles. The number of hydrogen-bond donors (Lipinski definition) is 1. The number of hydrogen-bond acceptors (Lipinski definition) is 3.